The van der Waals surface area contributed by atoms with E-state index >= 15 is 0 Å². The third-order valence-electron chi connectivity index (χ3n) is 4.44. The zero-order chi connectivity index (χ0) is 17.6. The summed E-state index contributed by atoms with van der Waals surface area (Å²) in [6.07, 6.45) is 2.67. The van der Waals surface area contributed by atoms with Crippen LogP contribution in [0, 0.1) is 5.82 Å². The zero-order valence-electron chi connectivity index (χ0n) is 13.6. The first-order valence-corrected chi connectivity index (χ1v) is 8.05. The highest BCUT2D eigenvalue weighted by Crippen LogP contribution is 2.28. The fourth-order valence-corrected chi connectivity index (χ4v) is 3.24. The summed E-state index contributed by atoms with van der Waals surface area (Å²) in [5.74, 6) is -0.362. The van der Waals surface area contributed by atoms with Crippen molar-refractivity contribution in [2.75, 3.05) is 0 Å². The Hall–Kier alpha value is -3.08. The van der Waals surface area contributed by atoms with Crippen molar-refractivity contribution < 1.29 is 9.18 Å². The molecular weight excluding hydrogens is 319 g/mol. The molecule has 0 saturated heterocycles. The summed E-state index contributed by atoms with van der Waals surface area (Å²) in [5, 5.41) is 0.148. The maximum Gasteiger partial charge on any atom is 0.261 e. The average Bonchev–Trinajstić information content (AvgIpc) is 2.99. The largest absolute Gasteiger partial charge is 0.294 e. The van der Waals surface area contributed by atoms with Crippen LogP contribution < -0.4 is 5.56 Å². The van der Waals surface area contributed by atoms with Crippen LogP contribution in [-0.2, 0) is 6.54 Å². The van der Waals surface area contributed by atoms with Crippen molar-refractivity contribution in [3.05, 3.63) is 75.6 Å². The monoisotopic (exact) mass is 334 g/mol. The lowest BCUT2D eigenvalue weighted by Crippen LogP contribution is -2.21. The van der Waals surface area contributed by atoms with Crippen LogP contribution in [0.4, 0.5) is 4.39 Å². The van der Waals surface area contributed by atoms with Gasteiger partial charge < -0.3 is 0 Å². The molecule has 2 heterocycles. The van der Waals surface area contributed by atoms with Gasteiger partial charge >= 0.3 is 0 Å². The smallest absolute Gasteiger partial charge is 0.261 e. The Balaban J connectivity index is 1.99. The third-order valence-corrected chi connectivity index (χ3v) is 4.44. The summed E-state index contributed by atoms with van der Waals surface area (Å²) in [6, 6.07) is 12.1. The zero-order valence-corrected chi connectivity index (χ0v) is 13.6. The molecule has 1 aliphatic heterocycles. The van der Waals surface area contributed by atoms with Gasteiger partial charge in [0.2, 0.25) is 0 Å². The molecule has 0 aliphatic carbocycles. The van der Waals surface area contributed by atoms with Crippen LogP contribution in [0.3, 0.4) is 0 Å². The molecule has 124 valence electrons. The summed E-state index contributed by atoms with van der Waals surface area (Å²) in [7, 11) is 0. The van der Waals surface area contributed by atoms with E-state index in [1.807, 2.05) is 36.4 Å². The van der Waals surface area contributed by atoms with Crippen LogP contribution in [0.5, 0.6) is 0 Å². The molecule has 0 radical (unpaired) electrons. The first-order chi connectivity index (χ1) is 12.0. The topological polar surface area (TPSA) is 52.0 Å². The number of carbonyl (C=O) groups excluding carboxylic acids is 1. The summed E-state index contributed by atoms with van der Waals surface area (Å²) in [4.78, 5) is 29.2. The van der Waals surface area contributed by atoms with Crippen molar-refractivity contribution in [2.24, 2.45) is 0 Å². The van der Waals surface area contributed by atoms with Gasteiger partial charge in [-0.1, -0.05) is 30.3 Å². The van der Waals surface area contributed by atoms with Gasteiger partial charge in [-0.2, -0.15) is 0 Å². The summed E-state index contributed by atoms with van der Waals surface area (Å²) in [6.45, 7) is 1.85. The number of ketones is 1. The number of allylic oxidation sites excluding steroid dienone is 1. The number of hydrogen-bond donors (Lipinski definition) is 0. The maximum absolute atomic E-state index is 13.8. The number of benzene rings is 2. The van der Waals surface area contributed by atoms with Gasteiger partial charge in [0.05, 0.1) is 10.9 Å². The quantitative estimate of drug-likeness (QED) is 0.672. The maximum atomic E-state index is 13.8. The molecule has 0 spiro atoms. The fourth-order valence-electron chi connectivity index (χ4n) is 3.24. The molecule has 25 heavy (non-hydrogen) atoms. The molecule has 4 nitrogen and oxygen atoms in total. The lowest BCUT2D eigenvalue weighted by molar-refractivity contribution is 0.101. The number of rotatable bonds is 2. The number of Topliss-reactive ketones (excluding diaryl/α,β-unsaturated/α-hetero) is 1. The minimum atomic E-state index is -0.602. The van der Waals surface area contributed by atoms with Crippen molar-refractivity contribution in [3.63, 3.8) is 0 Å². The van der Waals surface area contributed by atoms with Crippen molar-refractivity contribution in [1.29, 1.82) is 0 Å². The van der Waals surface area contributed by atoms with E-state index in [4.69, 9.17) is 0 Å². The van der Waals surface area contributed by atoms with E-state index in [9.17, 15) is 14.0 Å². The molecule has 2 aromatic carbocycles. The molecule has 0 N–H and O–H groups in total. The van der Waals surface area contributed by atoms with E-state index in [1.54, 1.807) is 4.57 Å². The van der Waals surface area contributed by atoms with Gasteiger partial charge in [0.1, 0.15) is 11.6 Å². The summed E-state index contributed by atoms with van der Waals surface area (Å²) in [5.41, 5.74) is 2.06. The molecule has 5 heteroatoms. The molecule has 1 aliphatic rings. The molecule has 4 rings (SSSR count). The van der Waals surface area contributed by atoms with Gasteiger partial charge in [-0.3, -0.25) is 14.2 Å². The number of hydrogen-bond acceptors (Lipinski definition) is 3. The van der Waals surface area contributed by atoms with Crippen LogP contribution in [0.25, 0.3) is 22.6 Å². The minimum Gasteiger partial charge on any atom is -0.294 e. The molecule has 3 aromatic rings. The fraction of sp³-hybridized carbons (Fsp3) is 0.150. The SMILES string of the molecule is CC(=O)c1cc(F)cc2c(=O)n3c(nc12)C(=Cc1ccccc1)CC3. The van der Waals surface area contributed by atoms with Gasteiger partial charge in [-0.05, 0) is 42.7 Å². The number of aromatic nitrogens is 2. The average molecular weight is 334 g/mol. The molecule has 0 saturated carbocycles. The molecule has 0 atom stereocenters. The normalized spacial score (nSPS) is 14.9. The molecular formula is C20H15FN2O2. The van der Waals surface area contributed by atoms with Crippen molar-refractivity contribution in [2.45, 2.75) is 19.9 Å². The first kappa shape index (κ1) is 15.4. The Kier molecular flexibility index (Phi) is 3.57. The van der Waals surface area contributed by atoms with Crippen LogP contribution in [-0.4, -0.2) is 15.3 Å². The molecule has 1 aromatic heterocycles. The van der Waals surface area contributed by atoms with Crippen molar-refractivity contribution in [3.8, 4) is 0 Å². The second-order valence-electron chi connectivity index (χ2n) is 6.13. The second kappa shape index (κ2) is 5.77. The van der Waals surface area contributed by atoms with Crippen molar-refractivity contribution in [1.82, 2.24) is 9.55 Å². The predicted octanol–water partition coefficient (Wildman–Crippen LogP) is 3.68. The molecule has 0 bridgehead atoms. The van der Waals surface area contributed by atoms with Crippen LogP contribution in [0.1, 0.15) is 35.1 Å². The van der Waals surface area contributed by atoms with Gasteiger partial charge in [-0.25, -0.2) is 9.37 Å². The Morgan fingerprint density at radius 1 is 1.24 bits per heavy atom. The van der Waals surface area contributed by atoms with Crippen LogP contribution in [0.2, 0.25) is 0 Å². The lowest BCUT2D eigenvalue weighted by Gasteiger charge is -2.08. The lowest BCUT2D eigenvalue weighted by atomic mass is 10.1. The summed E-state index contributed by atoms with van der Waals surface area (Å²) >= 11 is 0. The highest BCUT2D eigenvalue weighted by Gasteiger charge is 2.23. The van der Waals surface area contributed by atoms with E-state index in [2.05, 4.69) is 4.98 Å². The molecule has 0 amide bonds. The van der Waals surface area contributed by atoms with E-state index in [0.717, 1.165) is 23.3 Å². The minimum absolute atomic E-state index is 0.140. The molecule has 0 unspecified atom stereocenters. The highest BCUT2D eigenvalue weighted by molar-refractivity contribution is 6.05. The highest BCUT2D eigenvalue weighted by atomic mass is 19.1. The Morgan fingerprint density at radius 2 is 2.00 bits per heavy atom. The Morgan fingerprint density at radius 3 is 2.72 bits per heavy atom. The van der Waals surface area contributed by atoms with Crippen LogP contribution in [0.15, 0.2) is 47.3 Å². The van der Waals surface area contributed by atoms with Gasteiger partial charge in [0.25, 0.3) is 5.56 Å². The van der Waals surface area contributed by atoms with Crippen molar-refractivity contribution >= 4 is 28.3 Å². The number of nitrogens with zero attached hydrogens (tertiary/aromatic N) is 2. The first-order valence-electron chi connectivity index (χ1n) is 8.05. The van der Waals surface area contributed by atoms with E-state index < -0.39 is 5.82 Å². The second-order valence-corrected chi connectivity index (χ2v) is 6.13. The van der Waals surface area contributed by atoms with Gasteiger partial charge in [0, 0.05) is 12.1 Å². The van der Waals surface area contributed by atoms with Gasteiger partial charge in [0.15, 0.2) is 5.78 Å². The predicted molar refractivity (Wildman–Crippen MR) is 94.9 cm³/mol. The number of halogens is 1. The third kappa shape index (κ3) is 2.58. The van der Waals surface area contributed by atoms with E-state index in [-0.39, 0.29) is 27.8 Å². The Bertz CT molecular complexity index is 1100. The van der Waals surface area contributed by atoms with Gasteiger partial charge in [-0.15, -0.1) is 0 Å². The standard InChI is InChI=1S/C20H15FN2O2/c1-12(24)16-10-15(21)11-17-18(16)22-19-14(7-8-23(19)20(17)25)9-13-5-3-2-4-6-13/h2-6,9-11H,7-8H2,1H3. The number of fused-ring (bicyclic) bond motifs is 2. The van der Waals surface area contributed by atoms with E-state index in [1.165, 1.54) is 6.92 Å². The molecule has 0 fully saturated rings. The Labute approximate surface area is 143 Å². The summed E-state index contributed by atoms with van der Waals surface area (Å²) < 4.78 is 15.4. The van der Waals surface area contributed by atoms with E-state index in [0.29, 0.717) is 18.8 Å². The number of carbonyl (C=O) groups is 1. The van der Waals surface area contributed by atoms with Crippen LogP contribution >= 0.6 is 0 Å².